The third-order valence-corrected chi connectivity index (χ3v) is 4.72. The number of methoxy groups -OCH3 is 1. The number of ketones is 1. The van der Waals surface area contributed by atoms with E-state index < -0.39 is 0 Å². The molecule has 0 aliphatic heterocycles. The molecule has 0 amide bonds. The Labute approximate surface area is 116 Å². The standard InChI is InChI=1S/C17H24O2/c1-11-8-9-13(16(19-5)12(11)2)15(18)14-7-6-10-17(14,3)4/h8-9,14H,6-7,10H2,1-5H3. The summed E-state index contributed by atoms with van der Waals surface area (Å²) in [4.78, 5) is 12.8. The van der Waals surface area contributed by atoms with Crippen molar-refractivity contribution in [3.8, 4) is 5.75 Å². The summed E-state index contributed by atoms with van der Waals surface area (Å²) in [6.45, 7) is 8.47. The first kappa shape index (κ1) is 14.1. The van der Waals surface area contributed by atoms with Crippen molar-refractivity contribution in [2.45, 2.75) is 47.0 Å². The molecule has 0 heterocycles. The normalized spacial score (nSPS) is 21.4. The summed E-state index contributed by atoms with van der Waals surface area (Å²) in [6, 6.07) is 3.95. The number of Topliss-reactive ketones (excluding diaryl/α,β-unsaturated/α-hetero) is 1. The molecule has 0 bridgehead atoms. The summed E-state index contributed by atoms with van der Waals surface area (Å²) in [6.07, 6.45) is 3.29. The number of carbonyl (C=O) groups excluding carboxylic acids is 1. The predicted molar refractivity (Wildman–Crippen MR) is 77.9 cm³/mol. The van der Waals surface area contributed by atoms with Gasteiger partial charge < -0.3 is 4.74 Å². The van der Waals surface area contributed by atoms with Gasteiger partial charge in [-0.05, 0) is 49.3 Å². The van der Waals surface area contributed by atoms with Crippen molar-refractivity contribution in [2.24, 2.45) is 11.3 Å². The number of hydrogen-bond donors (Lipinski definition) is 0. The van der Waals surface area contributed by atoms with Gasteiger partial charge in [0, 0.05) is 5.92 Å². The molecular formula is C17H24O2. The van der Waals surface area contributed by atoms with E-state index >= 15 is 0 Å². The second kappa shape index (κ2) is 4.99. The molecule has 0 aromatic heterocycles. The van der Waals surface area contributed by atoms with Gasteiger partial charge >= 0.3 is 0 Å². The molecule has 2 rings (SSSR count). The lowest BCUT2D eigenvalue weighted by Gasteiger charge is -2.26. The molecule has 0 saturated heterocycles. The van der Waals surface area contributed by atoms with E-state index in [-0.39, 0.29) is 17.1 Å². The molecule has 1 aliphatic rings. The van der Waals surface area contributed by atoms with Crippen LogP contribution in [0.1, 0.15) is 54.6 Å². The van der Waals surface area contributed by atoms with E-state index in [1.165, 1.54) is 5.56 Å². The van der Waals surface area contributed by atoms with Gasteiger partial charge in [-0.2, -0.15) is 0 Å². The number of aryl methyl sites for hydroxylation is 1. The van der Waals surface area contributed by atoms with Crippen LogP contribution >= 0.6 is 0 Å². The van der Waals surface area contributed by atoms with Gasteiger partial charge in [0.2, 0.25) is 0 Å². The van der Waals surface area contributed by atoms with Gasteiger partial charge in [-0.3, -0.25) is 4.79 Å². The average Bonchev–Trinajstić information content (AvgIpc) is 2.71. The van der Waals surface area contributed by atoms with Gasteiger partial charge in [0.25, 0.3) is 0 Å². The van der Waals surface area contributed by atoms with Gasteiger partial charge in [-0.15, -0.1) is 0 Å². The summed E-state index contributed by atoms with van der Waals surface area (Å²) in [5, 5.41) is 0. The third-order valence-electron chi connectivity index (χ3n) is 4.72. The van der Waals surface area contributed by atoms with E-state index in [2.05, 4.69) is 13.8 Å². The first-order chi connectivity index (χ1) is 8.88. The second-order valence-corrected chi connectivity index (χ2v) is 6.39. The van der Waals surface area contributed by atoms with E-state index in [0.717, 1.165) is 36.1 Å². The quantitative estimate of drug-likeness (QED) is 0.756. The number of hydrogen-bond acceptors (Lipinski definition) is 2. The summed E-state index contributed by atoms with van der Waals surface area (Å²) < 4.78 is 5.48. The van der Waals surface area contributed by atoms with E-state index in [4.69, 9.17) is 4.74 Å². The van der Waals surface area contributed by atoms with Crippen LogP contribution in [-0.2, 0) is 0 Å². The smallest absolute Gasteiger partial charge is 0.170 e. The van der Waals surface area contributed by atoms with Crippen molar-refractivity contribution >= 4 is 5.78 Å². The lowest BCUT2D eigenvalue weighted by atomic mass is 9.77. The Hall–Kier alpha value is -1.31. The molecule has 1 aromatic rings. The highest BCUT2D eigenvalue weighted by atomic mass is 16.5. The fraction of sp³-hybridized carbons (Fsp3) is 0.588. The molecule has 1 saturated carbocycles. The van der Waals surface area contributed by atoms with Gasteiger partial charge in [0.1, 0.15) is 5.75 Å². The van der Waals surface area contributed by atoms with Crippen LogP contribution in [0, 0.1) is 25.2 Å². The second-order valence-electron chi connectivity index (χ2n) is 6.39. The van der Waals surface area contributed by atoms with Crippen LogP contribution in [0.4, 0.5) is 0 Å². The Bertz CT molecular complexity index is 500. The third kappa shape index (κ3) is 2.41. The van der Waals surface area contributed by atoms with E-state index in [0.29, 0.717) is 0 Å². The molecule has 2 nitrogen and oxygen atoms in total. The minimum atomic E-state index is 0.112. The maximum Gasteiger partial charge on any atom is 0.170 e. The highest BCUT2D eigenvalue weighted by Gasteiger charge is 2.40. The fourth-order valence-corrected chi connectivity index (χ4v) is 3.25. The van der Waals surface area contributed by atoms with Gasteiger partial charge in [0.15, 0.2) is 5.78 Å². The van der Waals surface area contributed by atoms with Gasteiger partial charge in [-0.1, -0.05) is 26.3 Å². The van der Waals surface area contributed by atoms with Crippen molar-refractivity contribution in [1.29, 1.82) is 0 Å². The van der Waals surface area contributed by atoms with Crippen LogP contribution in [0.15, 0.2) is 12.1 Å². The number of carbonyl (C=O) groups is 1. The van der Waals surface area contributed by atoms with Gasteiger partial charge in [0.05, 0.1) is 12.7 Å². The van der Waals surface area contributed by atoms with Crippen LogP contribution < -0.4 is 4.74 Å². The molecule has 0 radical (unpaired) electrons. The van der Waals surface area contributed by atoms with Gasteiger partial charge in [-0.25, -0.2) is 0 Å². The summed E-state index contributed by atoms with van der Waals surface area (Å²) in [5.74, 6) is 1.14. The van der Waals surface area contributed by atoms with Crippen molar-refractivity contribution in [1.82, 2.24) is 0 Å². The highest BCUT2D eigenvalue weighted by molar-refractivity contribution is 6.01. The Kier molecular flexibility index (Phi) is 3.71. The minimum Gasteiger partial charge on any atom is -0.496 e. The molecule has 0 N–H and O–H groups in total. The van der Waals surface area contributed by atoms with E-state index in [9.17, 15) is 4.79 Å². The fourth-order valence-electron chi connectivity index (χ4n) is 3.25. The van der Waals surface area contributed by atoms with Crippen LogP contribution in [0.5, 0.6) is 5.75 Å². The highest BCUT2D eigenvalue weighted by Crippen LogP contribution is 2.45. The van der Waals surface area contributed by atoms with Crippen molar-refractivity contribution in [2.75, 3.05) is 7.11 Å². The van der Waals surface area contributed by atoms with Crippen LogP contribution in [0.3, 0.4) is 0 Å². The molecule has 19 heavy (non-hydrogen) atoms. The lowest BCUT2D eigenvalue weighted by molar-refractivity contribution is 0.0836. The predicted octanol–water partition coefficient (Wildman–Crippen LogP) is 4.32. The van der Waals surface area contributed by atoms with E-state index in [1.807, 2.05) is 26.0 Å². The first-order valence-electron chi connectivity index (χ1n) is 7.07. The van der Waals surface area contributed by atoms with Crippen LogP contribution in [0.25, 0.3) is 0 Å². The molecule has 1 fully saturated rings. The Balaban J connectivity index is 2.42. The molecule has 1 aromatic carbocycles. The number of benzene rings is 1. The monoisotopic (exact) mass is 260 g/mol. The molecule has 1 aliphatic carbocycles. The topological polar surface area (TPSA) is 26.3 Å². The maximum absolute atomic E-state index is 12.8. The average molecular weight is 260 g/mol. The van der Waals surface area contributed by atoms with E-state index in [1.54, 1.807) is 7.11 Å². The molecule has 104 valence electrons. The zero-order valence-electron chi connectivity index (χ0n) is 12.7. The lowest BCUT2D eigenvalue weighted by Crippen LogP contribution is -2.26. The Morgan fingerprint density at radius 1 is 1.32 bits per heavy atom. The SMILES string of the molecule is COc1c(C(=O)C2CCCC2(C)C)ccc(C)c1C. The molecule has 1 unspecified atom stereocenters. The van der Waals surface area contributed by atoms with Crippen molar-refractivity contribution in [3.05, 3.63) is 28.8 Å². The zero-order chi connectivity index (χ0) is 14.2. The molecular weight excluding hydrogens is 236 g/mol. The largest absolute Gasteiger partial charge is 0.496 e. The summed E-state index contributed by atoms with van der Waals surface area (Å²) in [5.41, 5.74) is 3.11. The number of rotatable bonds is 3. The zero-order valence-corrected chi connectivity index (χ0v) is 12.7. The maximum atomic E-state index is 12.8. The Morgan fingerprint density at radius 3 is 2.53 bits per heavy atom. The van der Waals surface area contributed by atoms with Crippen molar-refractivity contribution < 1.29 is 9.53 Å². The first-order valence-corrected chi connectivity index (χ1v) is 7.07. The summed E-state index contributed by atoms with van der Waals surface area (Å²) >= 11 is 0. The van der Waals surface area contributed by atoms with Crippen LogP contribution in [-0.4, -0.2) is 12.9 Å². The minimum absolute atomic E-state index is 0.112. The van der Waals surface area contributed by atoms with Crippen LogP contribution in [0.2, 0.25) is 0 Å². The Morgan fingerprint density at radius 2 is 2.00 bits per heavy atom. The molecule has 2 heteroatoms. The molecule has 1 atom stereocenters. The van der Waals surface area contributed by atoms with Crippen molar-refractivity contribution in [3.63, 3.8) is 0 Å². The molecule has 0 spiro atoms. The summed E-state index contributed by atoms with van der Waals surface area (Å²) in [7, 11) is 1.65. The number of ether oxygens (including phenoxy) is 1.